The first-order valence-electron chi connectivity index (χ1n) is 4.20. The fraction of sp³-hybridized carbons (Fsp3) is 0.600. The van der Waals surface area contributed by atoms with E-state index in [1.54, 1.807) is 20.8 Å². The Morgan fingerprint density at radius 1 is 1.31 bits per heavy atom. The number of rotatable bonds is 3. The third-order valence-corrected chi connectivity index (χ3v) is 1.07. The summed E-state index contributed by atoms with van der Waals surface area (Å²) in [6.07, 6.45) is 3.07. The Morgan fingerprint density at radius 2 is 1.85 bits per heavy atom. The molecule has 0 atom stereocenters. The molecule has 0 spiro atoms. The summed E-state index contributed by atoms with van der Waals surface area (Å²) in [5, 5.41) is 0. The lowest BCUT2D eigenvalue weighted by Gasteiger charge is -2.17. The van der Waals surface area contributed by atoms with Crippen LogP contribution in [0.2, 0.25) is 0 Å². The van der Waals surface area contributed by atoms with Crippen LogP contribution in [0.3, 0.4) is 0 Å². The number of esters is 1. The summed E-state index contributed by atoms with van der Waals surface area (Å²) in [5.41, 5.74) is -0.475. The highest BCUT2D eigenvalue weighted by atomic mass is 16.6. The quantitative estimate of drug-likeness (QED) is 0.496. The van der Waals surface area contributed by atoms with Crippen molar-refractivity contribution >= 4 is 11.8 Å². The van der Waals surface area contributed by atoms with Gasteiger partial charge in [0.15, 0.2) is 0 Å². The van der Waals surface area contributed by atoms with Crippen molar-refractivity contribution in [2.45, 2.75) is 39.7 Å². The third-order valence-electron chi connectivity index (χ3n) is 1.07. The summed E-state index contributed by atoms with van der Waals surface area (Å²) in [5.74, 6) is -0.381. The van der Waals surface area contributed by atoms with Crippen molar-refractivity contribution in [2.24, 2.45) is 0 Å². The van der Waals surface area contributed by atoms with E-state index in [9.17, 15) is 9.59 Å². The predicted molar refractivity (Wildman–Crippen MR) is 50.3 cm³/mol. The van der Waals surface area contributed by atoms with Gasteiger partial charge >= 0.3 is 5.97 Å². The highest BCUT2D eigenvalue weighted by Gasteiger charge is 2.13. The molecule has 0 saturated carbocycles. The maximum Gasteiger partial charge on any atom is 0.330 e. The third kappa shape index (κ3) is 8.79. The minimum Gasteiger partial charge on any atom is -0.457 e. The van der Waals surface area contributed by atoms with Crippen LogP contribution in [-0.2, 0) is 14.3 Å². The number of allylic oxidation sites excluding steroid dienone is 1. The molecule has 0 N–H and O–H groups in total. The Kier molecular flexibility index (Phi) is 4.38. The molecule has 0 saturated heterocycles. The van der Waals surface area contributed by atoms with Crippen LogP contribution in [0.1, 0.15) is 34.1 Å². The van der Waals surface area contributed by atoms with Gasteiger partial charge in [0, 0.05) is 12.5 Å². The molecule has 74 valence electrons. The molecule has 0 amide bonds. The zero-order valence-electron chi connectivity index (χ0n) is 8.59. The highest BCUT2D eigenvalue weighted by Crippen LogP contribution is 2.07. The van der Waals surface area contributed by atoms with Gasteiger partial charge in [0.1, 0.15) is 11.4 Å². The molecular formula is C10H16O3. The Labute approximate surface area is 78.8 Å². The summed E-state index contributed by atoms with van der Waals surface area (Å²) in [4.78, 5) is 21.5. The van der Waals surface area contributed by atoms with Crippen LogP contribution < -0.4 is 0 Å². The maximum atomic E-state index is 11.0. The molecule has 0 unspecified atom stereocenters. The van der Waals surface area contributed by atoms with E-state index in [-0.39, 0.29) is 12.2 Å². The van der Waals surface area contributed by atoms with Crippen LogP contribution in [0.4, 0.5) is 0 Å². The summed E-state index contributed by atoms with van der Waals surface area (Å²) < 4.78 is 4.98. The minimum atomic E-state index is -0.475. The number of Topliss-reactive ketones (excluding diaryl/α,β-unsaturated/α-hetero) is 1. The van der Waals surface area contributed by atoms with Crippen LogP contribution in [0.15, 0.2) is 12.2 Å². The van der Waals surface area contributed by atoms with Crippen molar-refractivity contribution in [1.29, 1.82) is 0 Å². The van der Waals surface area contributed by atoms with E-state index in [1.165, 1.54) is 19.1 Å². The second kappa shape index (κ2) is 4.80. The van der Waals surface area contributed by atoms with Gasteiger partial charge in [-0.25, -0.2) is 4.79 Å². The van der Waals surface area contributed by atoms with Gasteiger partial charge in [-0.3, -0.25) is 4.79 Å². The molecule has 0 aromatic heterocycles. The molecule has 0 aliphatic carbocycles. The molecule has 0 fully saturated rings. The smallest absolute Gasteiger partial charge is 0.330 e. The number of carbonyl (C=O) groups excluding carboxylic acids is 2. The number of ether oxygens (including phenoxy) is 1. The van der Waals surface area contributed by atoms with Crippen LogP contribution in [-0.4, -0.2) is 17.4 Å². The van der Waals surface area contributed by atoms with Crippen molar-refractivity contribution in [1.82, 2.24) is 0 Å². The Balaban J connectivity index is 3.88. The van der Waals surface area contributed by atoms with E-state index in [2.05, 4.69) is 0 Å². The van der Waals surface area contributed by atoms with Gasteiger partial charge in [-0.1, -0.05) is 6.08 Å². The molecule has 3 heteroatoms. The topological polar surface area (TPSA) is 43.4 Å². The SMILES string of the molecule is CC(=O)CC=CC(=O)OC(C)(C)C. The number of carbonyl (C=O) groups is 2. The maximum absolute atomic E-state index is 11.0. The van der Waals surface area contributed by atoms with Gasteiger partial charge < -0.3 is 4.74 Å². The molecule has 3 nitrogen and oxygen atoms in total. The summed E-state index contributed by atoms with van der Waals surface area (Å²) in [6.45, 7) is 6.86. The van der Waals surface area contributed by atoms with E-state index < -0.39 is 11.6 Å². The zero-order valence-corrected chi connectivity index (χ0v) is 8.59. The van der Waals surface area contributed by atoms with Crippen LogP contribution in [0, 0.1) is 0 Å². The van der Waals surface area contributed by atoms with E-state index in [1.807, 2.05) is 0 Å². The molecule has 0 aliphatic heterocycles. The van der Waals surface area contributed by atoms with Crippen molar-refractivity contribution < 1.29 is 14.3 Å². The van der Waals surface area contributed by atoms with E-state index in [0.29, 0.717) is 0 Å². The summed E-state index contributed by atoms with van der Waals surface area (Å²) in [6, 6.07) is 0. The fourth-order valence-electron chi connectivity index (χ4n) is 0.657. The van der Waals surface area contributed by atoms with Gasteiger partial charge in [-0.2, -0.15) is 0 Å². The van der Waals surface area contributed by atoms with Gasteiger partial charge in [0.2, 0.25) is 0 Å². The Bertz CT molecular complexity index is 221. The molecule has 0 aromatic carbocycles. The van der Waals surface area contributed by atoms with E-state index >= 15 is 0 Å². The number of ketones is 1. The average molecular weight is 184 g/mol. The van der Waals surface area contributed by atoms with Crippen molar-refractivity contribution in [2.75, 3.05) is 0 Å². The minimum absolute atomic E-state index is 0.0276. The molecule has 0 radical (unpaired) electrons. The first-order chi connectivity index (χ1) is 5.81. The lowest BCUT2D eigenvalue weighted by molar-refractivity contribution is -0.148. The molecule has 0 aliphatic rings. The van der Waals surface area contributed by atoms with Crippen LogP contribution in [0.5, 0.6) is 0 Å². The summed E-state index contributed by atoms with van der Waals surface area (Å²) >= 11 is 0. The second-order valence-electron chi connectivity index (χ2n) is 3.84. The molecule has 13 heavy (non-hydrogen) atoms. The number of hydrogen-bond donors (Lipinski definition) is 0. The monoisotopic (exact) mass is 184 g/mol. The van der Waals surface area contributed by atoms with Gasteiger partial charge in [-0.15, -0.1) is 0 Å². The Morgan fingerprint density at radius 3 is 2.23 bits per heavy atom. The fourth-order valence-corrected chi connectivity index (χ4v) is 0.657. The molecular weight excluding hydrogens is 168 g/mol. The Hall–Kier alpha value is -1.12. The second-order valence-corrected chi connectivity index (χ2v) is 3.84. The van der Waals surface area contributed by atoms with Crippen molar-refractivity contribution in [3.05, 3.63) is 12.2 Å². The molecule has 0 bridgehead atoms. The predicted octanol–water partition coefficient (Wildman–Crippen LogP) is 1.86. The van der Waals surface area contributed by atoms with Gasteiger partial charge in [0.25, 0.3) is 0 Å². The standard InChI is InChI=1S/C10H16O3/c1-8(11)6-5-7-9(12)13-10(2,3)4/h5,7H,6H2,1-4H3. The zero-order chi connectivity index (χ0) is 10.5. The van der Waals surface area contributed by atoms with Gasteiger partial charge in [-0.05, 0) is 27.7 Å². The normalized spacial score (nSPS) is 11.7. The first kappa shape index (κ1) is 11.9. The van der Waals surface area contributed by atoms with Gasteiger partial charge in [0.05, 0.1) is 0 Å². The molecule has 0 rings (SSSR count). The van der Waals surface area contributed by atoms with Crippen molar-refractivity contribution in [3.8, 4) is 0 Å². The van der Waals surface area contributed by atoms with E-state index in [4.69, 9.17) is 4.74 Å². The van der Waals surface area contributed by atoms with Crippen LogP contribution in [0.25, 0.3) is 0 Å². The summed E-state index contributed by atoms with van der Waals surface area (Å²) in [7, 11) is 0. The first-order valence-corrected chi connectivity index (χ1v) is 4.20. The lowest BCUT2D eigenvalue weighted by Crippen LogP contribution is -2.22. The largest absolute Gasteiger partial charge is 0.457 e. The van der Waals surface area contributed by atoms with Crippen LogP contribution >= 0.6 is 0 Å². The lowest BCUT2D eigenvalue weighted by atomic mass is 10.2. The number of hydrogen-bond acceptors (Lipinski definition) is 3. The average Bonchev–Trinajstić information content (AvgIpc) is 1.81. The van der Waals surface area contributed by atoms with Crippen molar-refractivity contribution in [3.63, 3.8) is 0 Å². The highest BCUT2D eigenvalue weighted by molar-refractivity contribution is 5.84. The van der Waals surface area contributed by atoms with E-state index in [0.717, 1.165) is 0 Å². The molecule has 0 aromatic rings. The molecule has 0 heterocycles.